The van der Waals surface area contributed by atoms with Gasteiger partial charge in [0.1, 0.15) is 5.54 Å². The average Bonchev–Trinajstić information content (AvgIpc) is 2.62. The lowest BCUT2D eigenvalue weighted by molar-refractivity contribution is -0.146. The SMILES string of the molecule is CC(C)(C)NC(C)(C(=O)O)C1CC1. The summed E-state index contributed by atoms with van der Waals surface area (Å²) in [6.45, 7) is 7.78. The van der Waals surface area contributed by atoms with Crippen molar-refractivity contribution >= 4 is 5.97 Å². The highest BCUT2D eigenvalue weighted by Gasteiger charge is 2.48. The fourth-order valence-electron chi connectivity index (χ4n) is 1.77. The van der Waals surface area contributed by atoms with Gasteiger partial charge in [-0.15, -0.1) is 0 Å². The van der Waals surface area contributed by atoms with Gasteiger partial charge in [0.2, 0.25) is 0 Å². The molecule has 0 saturated heterocycles. The lowest BCUT2D eigenvalue weighted by Crippen LogP contribution is -2.58. The number of hydrogen-bond acceptors (Lipinski definition) is 2. The Morgan fingerprint density at radius 2 is 1.77 bits per heavy atom. The lowest BCUT2D eigenvalue weighted by Gasteiger charge is -2.34. The smallest absolute Gasteiger partial charge is 0.323 e. The first-order valence-electron chi connectivity index (χ1n) is 4.78. The Balaban J connectivity index is 2.73. The molecule has 76 valence electrons. The van der Waals surface area contributed by atoms with Crippen LogP contribution in [-0.4, -0.2) is 22.2 Å². The van der Waals surface area contributed by atoms with Crippen molar-refractivity contribution in [1.29, 1.82) is 0 Å². The zero-order valence-corrected chi connectivity index (χ0v) is 8.85. The first-order chi connectivity index (χ1) is 5.76. The van der Waals surface area contributed by atoms with Crippen molar-refractivity contribution in [3.05, 3.63) is 0 Å². The van der Waals surface area contributed by atoms with Crippen molar-refractivity contribution < 1.29 is 9.90 Å². The zero-order valence-electron chi connectivity index (χ0n) is 8.85. The van der Waals surface area contributed by atoms with E-state index < -0.39 is 11.5 Å². The Bertz CT molecular complexity index is 215. The van der Waals surface area contributed by atoms with Crippen molar-refractivity contribution in [1.82, 2.24) is 5.32 Å². The van der Waals surface area contributed by atoms with Crippen LogP contribution in [0.1, 0.15) is 40.5 Å². The van der Waals surface area contributed by atoms with E-state index in [0.29, 0.717) is 5.92 Å². The number of carboxylic acid groups (broad SMARTS) is 1. The van der Waals surface area contributed by atoms with E-state index in [9.17, 15) is 4.79 Å². The first-order valence-corrected chi connectivity index (χ1v) is 4.78. The molecule has 0 aromatic rings. The summed E-state index contributed by atoms with van der Waals surface area (Å²) in [4.78, 5) is 11.1. The molecule has 1 fully saturated rings. The molecule has 1 unspecified atom stereocenters. The molecule has 1 atom stereocenters. The maximum absolute atomic E-state index is 11.1. The number of carboxylic acids is 1. The van der Waals surface area contributed by atoms with Gasteiger partial charge in [0.05, 0.1) is 0 Å². The quantitative estimate of drug-likeness (QED) is 0.702. The topological polar surface area (TPSA) is 49.3 Å². The van der Waals surface area contributed by atoms with Crippen molar-refractivity contribution in [3.63, 3.8) is 0 Å². The van der Waals surface area contributed by atoms with Crippen molar-refractivity contribution in [2.24, 2.45) is 5.92 Å². The molecule has 1 aliphatic carbocycles. The summed E-state index contributed by atoms with van der Waals surface area (Å²) < 4.78 is 0. The summed E-state index contributed by atoms with van der Waals surface area (Å²) in [5.74, 6) is -0.422. The van der Waals surface area contributed by atoms with Crippen LogP contribution in [0.5, 0.6) is 0 Å². The summed E-state index contributed by atoms with van der Waals surface area (Å²) in [5, 5.41) is 12.3. The second-order valence-corrected chi connectivity index (χ2v) is 5.16. The van der Waals surface area contributed by atoms with Gasteiger partial charge in [-0.1, -0.05) is 0 Å². The molecule has 0 bridgehead atoms. The van der Waals surface area contributed by atoms with Crippen LogP contribution >= 0.6 is 0 Å². The van der Waals surface area contributed by atoms with Crippen LogP contribution in [0, 0.1) is 5.92 Å². The van der Waals surface area contributed by atoms with Crippen LogP contribution in [0.2, 0.25) is 0 Å². The highest BCUT2D eigenvalue weighted by Crippen LogP contribution is 2.40. The largest absolute Gasteiger partial charge is 0.480 e. The molecule has 0 spiro atoms. The predicted molar refractivity (Wildman–Crippen MR) is 51.7 cm³/mol. The third-order valence-electron chi connectivity index (χ3n) is 2.47. The van der Waals surface area contributed by atoms with E-state index in [1.54, 1.807) is 6.92 Å². The van der Waals surface area contributed by atoms with Gasteiger partial charge in [-0.3, -0.25) is 10.1 Å². The van der Waals surface area contributed by atoms with Gasteiger partial charge >= 0.3 is 5.97 Å². The fourth-order valence-corrected chi connectivity index (χ4v) is 1.77. The van der Waals surface area contributed by atoms with E-state index in [2.05, 4.69) is 5.32 Å². The van der Waals surface area contributed by atoms with Crippen molar-refractivity contribution in [3.8, 4) is 0 Å². The molecule has 0 aromatic heterocycles. The Hall–Kier alpha value is -0.570. The molecule has 3 heteroatoms. The normalized spacial score (nSPS) is 22.5. The monoisotopic (exact) mass is 185 g/mol. The van der Waals surface area contributed by atoms with Crippen molar-refractivity contribution in [2.75, 3.05) is 0 Å². The average molecular weight is 185 g/mol. The third kappa shape index (κ3) is 2.44. The van der Waals surface area contributed by atoms with Gasteiger partial charge in [0.25, 0.3) is 0 Å². The number of rotatable bonds is 3. The second kappa shape index (κ2) is 2.98. The summed E-state index contributed by atoms with van der Waals surface area (Å²) in [5.41, 5.74) is -0.881. The van der Waals surface area contributed by atoms with E-state index in [0.717, 1.165) is 12.8 Å². The summed E-state index contributed by atoms with van der Waals surface area (Å²) in [6.07, 6.45) is 2.07. The molecule has 1 saturated carbocycles. The van der Waals surface area contributed by atoms with E-state index in [-0.39, 0.29) is 5.54 Å². The van der Waals surface area contributed by atoms with Crippen LogP contribution in [0.15, 0.2) is 0 Å². The Morgan fingerprint density at radius 1 is 1.31 bits per heavy atom. The molecule has 0 amide bonds. The highest BCUT2D eigenvalue weighted by molar-refractivity contribution is 5.79. The van der Waals surface area contributed by atoms with E-state index >= 15 is 0 Å². The molecular formula is C10H19NO2. The molecule has 1 rings (SSSR count). The predicted octanol–water partition coefficient (Wildman–Crippen LogP) is 1.63. The molecule has 2 N–H and O–H groups in total. The minimum absolute atomic E-state index is 0.143. The van der Waals surface area contributed by atoms with Crippen LogP contribution in [0.4, 0.5) is 0 Å². The maximum atomic E-state index is 11.1. The highest BCUT2D eigenvalue weighted by atomic mass is 16.4. The number of nitrogens with one attached hydrogen (secondary N) is 1. The number of carbonyl (C=O) groups is 1. The molecule has 1 aliphatic rings. The Labute approximate surface area is 79.5 Å². The van der Waals surface area contributed by atoms with E-state index in [4.69, 9.17) is 5.11 Å². The van der Waals surface area contributed by atoms with Crippen LogP contribution in [0.3, 0.4) is 0 Å². The molecule has 13 heavy (non-hydrogen) atoms. The molecular weight excluding hydrogens is 166 g/mol. The minimum atomic E-state index is -0.738. The van der Waals surface area contributed by atoms with Gasteiger partial charge in [-0.25, -0.2) is 0 Å². The Morgan fingerprint density at radius 3 is 2.00 bits per heavy atom. The lowest BCUT2D eigenvalue weighted by atomic mass is 9.92. The standard InChI is InChI=1S/C10H19NO2/c1-9(2,3)11-10(4,8(12)13)7-5-6-7/h7,11H,5-6H2,1-4H3,(H,12,13). The molecule has 0 heterocycles. The zero-order chi connectivity index (χ0) is 10.3. The summed E-state index contributed by atoms with van der Waals surface area (Å²) >= 11 is 0. The first kappa shape index (κ1) is 10.5. The van der Waals surface area contributed by atoms with Gasteiger partial charge < -0.3 is 5.11 Å². The van der Waals surface area contributed by atoms with Gasteiger partial charge in [0, 0.05) is 5.54 Å². The van der Waals surface area contributed by atoms with E-state index in [1.807, 2.05) is 20.8 Å². The fraction of sp³-hybridized carbons (Fsp3) is 0.900. The summed E-state index contributed by atoms with van der Waals surface area (Å²) in [7, 11) is 0. The summed E-state index contributed by atoms with van der Waals surface area (Å²) in [6, 6.07) is 0. The maximum Gasteiger partial charge on any atom is 0.323 e. The van der Waals surface area contributed by atoms with Gasteiger partial charge in [-0.05, 0) is 46.5 Å². The molecule has 0 radical (unpaired) electrons. The second-order valence-electron chi connectivity index (χ2n) is 5.16. The van der Waals surface area contributed by atoms with Crippen LogP contribution in [-0.2, 0) is 4.79 Å². The van der Waals surface area contributed by atoms with Crippen molar-refractivity contribution in [2.45, 2.75) is 51.6 Å². The molecule has 3 nitrogen and oxygen atoms in total. The minimum Gasteiger partial charge on any atom is -0.480 e. The van der Waals surface area contributed by atoms with Gasteiger partial charge in [-0.2, -0.15) is 0 Å². The molecule has 0 aromatic carbocycles. The third-order valence-corrected chi connectivity index (χ3v) is 2.47. The Kier molecular flexibility index (Phi) is 2.41. The number of hydrogen-bond donors (Lipinski definition) is 2. The van der Waals surface area contributed by atoms with Gasteiger partial charge in [0.15, 0.2) is 0 Å². The molecule has 0 aliphatic heterocycles. The van der Waals surface area contributed by atoms with Crippen LogP contribution in [0.25, 0.3) is 0 Å². The van der Waals surface area contributed by atoms with E-state index in [1.165, 1.54) is 0 Å². The number of aliphatic carboxylic acids is 1. The van der Waals surface area contributed by atoms with Crippen LogP contribution < -0.4 is 5.32 Å².